The van der Waals surface area contributed by atoms with Crippen molar-refractivity contribution in [2.24, 2.45) is 0 Å². The van der Waals surface area contributed by atoms with Gasteiger partial charge >= 0.3 is 0 Å². The van der Waals surface area contributed by atoms with Crippen LogP contribution in [0, 0.1) is 5.82 Å². The molecular weight excluding hydrogens is 497 g/mol. The van der Waals surface area contributed by atoms with Gasteiger partial charge in [0, 0.05) is 42.9 Å². The molecule has 0 bridgehead atoms. The molecule has 0 spiro atoms. The molecule has 194 valence electrons. The second-order valence-corrected chi connectivity index (χ2v) is 9.58. The predicted molar refractivity (Wildman–Crippen MR) is 142 cm³/mol. The van der Waals surface area contributed by atoms with E-state index in [0.717, 1.165) is 38.8 Å². The monoisotopic (exact) mass is 525 g/mol. The van der Waals surface area contributed by atoms with Crippen LogP contribution in [0.2, 0.25) is 5.02 Å². The number of nitrogens with one attached hydrogen (secondary N) is 2. The van der Waals surface area contributed by atoms with E-state index in [-0.39, 0.29) is 17.0 Å². The summed E-state index contributed by atoms with van der Waals surface area (Å²) in [5.41, 5.74) is 1.77. The number of amides is 1. The Bertz CT molecular complexity index is 1290. The number of aromatic nitrogens is 2. The second-order valence-electron chi connectivity index (χ2n) is 9.17. The first-order chi connectivity index (χ1) is 18.0. The SMILES string of the molecule is O=C(/C=C/CN1CCOCC1)Nc1cc2c(Nc3ccc(F)c(Cl)c3)ncnc2cc1OC1CCCC1. The first-order valence-corrected chi connectivity index (χ1v) is 12.9. The van der Waals surface area contributed by atoms with Crippen molar-refractivity contribution >= 4 is 45.6 Å². The summed E-state index contributed by atoms with van der Waals surface area (Å²) in [7, 11) is 0. The maximum Gasteiger partial charge on any atom is 0.248 e. The fourth-order valence-corrected chi connectivity index (χ4v) is 4.72. The van der Waals surface area contributed by atoms with Gasteiger partial charge in [0.1, 0.15) is 23.7 Å². The van der Waals surface area contributed by atoms with Crippen LogP contribution in [0.5, 0.6) is 5.75 Å². The van der Waals surface area contributed by atoms with E-state index in [1.54, 1.807) is 18.2 Å². The number of anilines is 3. The molecule has 1 saturated heterocycles. The van der Waals surface area contributed by atoms with Gasteiger partial charge in [-0.05, 0) is 49.9 Å². The Morgan fingerprint density at radius 2 is 2.00 bits per heavy atom. The number of ether oxygens (including phenoxy) is 2. The molecule has 1 saturated carbocycles. The van der Waals surface area contributed by atoms with E-state index in [9.17, 15) is 9.18 Å². The van der Waals surface area contributed by atoms with E-state index in [2.05, 4.69) is 25.5 Å². The van der Waals surface area contributed by atoms with Crippen molar-refractivity contribution < 1.29 is 18.7 Å². The van der Waals surface area contributed by atoms with E-state index in [0.29, 0.717) is 53.6 Å². The third-order valence-corrected chi connectivity index (χ3v) is 6.80. The highest BCUT2D eigenvalue weighted by Crippen LogP contribution is 2.36. The number of benzene rings is 2. The zero-order valence-corrected chi connectivity index (χ0v) is 21.1. The number of halogens is 2. The second kappa shape index (κ2) is 11.9. The lowest BCUT2D eigenvalue weighted by Crippen LogP contribution is -2.36. The zero-order chi connectivity index (χ0) is 25.6. The average molecular weight is 526 g/mol. The normalized spacial score (nSPS) is 16.9. The summed E-state index contributed by atoms with van der Waals surface area (Å²) in [5, 5.41) is 6.83. The minimum absolute atomic E-state index is 0.00688. The number of fused-ring (bicyclic) bond motifs is 1. The topological polar surface area (TPSA) is 88.6 Å². The summed E-state index contributed by atoms with van der Waals surface area (Å²) in [6, 6.07) is 7.99. The smallest absolute Gasteiger partial charge is 0.248 e. The van der Waals surface area contributed by atoms with E-state index >= 15 is 0 Å². The van der Waals surface area contributed by atoms with Crippen molar-refractivity contribution in [3.05, 3.63) is 59.7 Å². The van der Waals surface area contributed by atoms with Gasteiger partial charge in [-0.25, -0.2) is 14.4 Å². The van der Waals surface area contributed by atoms with Crippen molar-refractivity contribution in [1.82, 2.24) is 14.9 Å². The zero-order valence-electron chi connectivity index (χ0n) is 20.4. The van der Waals surface area contributed by atoms with Gasteiger partial charge in [-0.15, -0.1) is 0 Å². The summed E-state index contributed by atoms with van der Waals surface area (Å²) in [4.78, 5) is 23.8. The molecular formula is C27H29ClFN5O3. The summed E-state index contributed by atoms with van der Waals surface area (Å²) < 4.78 is 25.3. The molecule has 2 N–H and O–H groups in total. The highest BCUT2D eigenvalue weighted by atomic mass is 35.5. The summed E-state index contributed by atoms with van der Waals surface area (Å²) >= 11 is 5.95. The van der Waals surface area contributed by atoms with Crippen LogP contribution in [0.15, 0.2) is 48.8 Å². The predicted octanol–water partition coefficient (Wildman–Crippen LogP) is 5.31. The molecule has 2 fully saturated rings. The third-order valence-electron chi connectivity index (χ3n) is 6.51. The highest BCUT2D eigenvalue weighted by Gasteiger charge is 2.20. The fourth-order valence-electron chi connectivity index (χ4n) is 4.54. The number of rotatable bonds is 8. The van der Waals surface area contributed by atoms with Crippen molar-refractivity contribution in [2.45, 2.75) is 31.8 Å². The Kier molecular flexibility index (Phi) is 8.13. The van der Waals surface area contributed by atoms with Gasteiger partial charge in [0.2, 0.25) is 5.91 Å². The van der Waals surface area contributed by atoms with E-state index in [1.807, 2.05) is 12.1 Å². The molecule has 1 aliphatic heterocycles. The quantitative estimate of drug-likeness (QED) is 0.385. The Morgan fingerprint density at radius 3 is 2.78 bits per heavy atom. The van der Waals surface area contributed by atoms with Crippen LogP contribution in [0.4, 0.5) is 21.6 Å². The molecule has 37 heavy (non-hydrogen) atoms. The molecule has 5 rings (SSSR count). The first-order valence-electron chi connectivity index (χ1n) is 12.5. The standard InChI is InChI=1S/C27H29ClFN5O3/c28-21-14-18(7-8-22(21)29)32-27-20-15-24(33-26(35)6-3-9-34-10-12-36-13-11-34)25(16-23(20)30-17-31-27)37-19-4-1-2-5-19/h3,6-8,14-17,19H,1-2,4-5,9-13H2,(H,33,35)(H,30,31,32)/b6-3+. The Labute approximate surface area is 219 Å². The van der Waals surface area contributed by atoms with Gasteiger partial charge in [-0.1, -0.05) is 17.7 Å². The van der Waals surface area contributed by atoms with Crippen molar-refractivity contribution in [1.29, 1.82) is 0 Å². The molecule has 0 radical (unpaired) electrons. The van der Waals surface area contributed by atoms with E-state index in [1.165, 1.54) is 18.5 Å². The molecule has 10 heteroatoms. The van der Waals surface area contributed by atoms with Crippen molar-refractivity contribution in [2.75, 3.05) is 43.5 Å². The van der Waals surface area contributed by atoms with E-state index < -0.39 is 5.82 Å². The third kappa shape index (κ3) is 6.54. The summed E-state index contributed by atoms with van der Waals surface area (Å²) in [5.74, 6) is 0.322. The summed E-state index contributed by atoms with van der Waals surface area (Å²) in [6.45, 7) is 3.81. The van der Waals surface area contributed by atoms with Crippen molar-refractivity contribution in [3.63, 3.8) is 0 Å². The number of morpholine rings is 1. The van der Waals surface area contributed by atoms with Gasteiger partial charge in [0.05, 0.1) is 35.5 Å². The molecule has 3 aromatic rings. The van der Waals surface area contributed by atoms with Gasteiger partial charge in [0.25, 0.3) is 0 Å². The molecule has 2 heterocycles. The number of nitrogens with zero attached hydrogens (tertiary/aromatic N) is 3. The molecule has 8 nitrogen and oxygen atoms in total. The fraction of sp³-hybridized carbons (Fsp3) is 0.370. The lowest BCUT2D eigenvalue weighted by Gasteiger charge is -2.25. The minimum Gasteiger partial charge on any atom is -0.488 e. The number of hydrogen-bond donors (Lipinski definition) is 2. The minimum atomic E-state index is -0.500. The Hall–Kier alpha value is -3.27. The van der Waals surface area contributed by atoms with Crippen LogP contribution in [-0.4, -0.2) is 59.7 Å². The van der Waals surface area contributed by atoms with Crippen LogP contribution in [0.25, 0.3) is 10.9 Å². The van der Waals surface area contributed by atoms with Crippen LogP contribution in [0.1, 0.15) is 25.7 Å². The molecule has 1 amide bonds. The molecule has 0 atom stereocenters. The van der Waals surface area contributed by atoms with E-state index in [4.69, 9.17) is 21.1 Å². The molecule has 0 unspecified atom stereocenters. The first kappa shape index (κ1) is 25.4. The van der Waals surface area contributed by atoms with Crippen LogP contribution in [0.3, 0.4) is 0 Å². The maximum absolute atomic E-state index is 13.6. The molecule has 2 aliphatic rings. The number of hydrogen-bond acceptors (Lipinski definition) is 7. The molecule has 2 aromatic carbocycles. The van der Waals surface area contributed by atoms with Gasteiger partial charge in [0.15, 0.2) is 0 Å². The van der Waals surface area contributed by atoms with Crippen molar-refractivity contribution in [3.8, 4) is 5.75 Å². The van der Waals surface area contributed by atoms with Gasteiger partial charge in [-0.2, -0.15) is 0 Å². The highest BCUT2D eigenvalue weighted by molar-refractivity contribution is 6.31. The van der Waals surface area contributed by atoms with Gasteiger partial charge < -0.3 is 20.1 Å². The summed E-state index contributed by atoms with van der Waals surface area (Å²) in [6.07, 6.45) is 9.15. The van der Waals surface area contributed by atoms with Crippen LogP contribution < -0.4 is 15.4 Å². The average Bonchev–Trinajstić information content (AvgIpc) is 3.41. The Balaban J connectivity index is 1.41. The lowest BCUT2D eigenvalue weighted by molar-refractivity contribution is -0.111. The van der Waals surface area contributed by atoms with Gasteiger partial charge in [-0.3, -0.25) is 9.69 Å². The molecule has 1 aliphatic carbocycles. The van der Waals surface area contributed by atoms with Crippen LogP contribution >= 0.6 is 11.6 Å². The number of carbonyl (C=O) groups excluding carboxylic acids is 1. The lowest BCUT2D eigenvalue weighted by atomic mass is 10.1. The Morgan fingerprint density at radius 1 is 1.19 bits per heavy atom. The maximum atomic E-state index is 13.6. The largest absolute Gasteiger partial charge is 0.488 e. The van der Waals surface area contributed by atoms with Crippen LogP contribution in [-0.2, 0) is 9.53 Å². The molecule has 1 aromatic heterocycles. The number of carbonyl (C=O) groups is 1.